The standard InChI is InChI=1S/C12H17BrN2OS/c1-14-12(8-16)5-4-9(7-12)17-11-10(13)3-2-6-15-11/h2-3,6,9,14,16H,4-5,7-8H2,1H3. The molecule has 0 aliphatic heterocycles. The topological polar surface area (TPSA) is 45.1 Å². The molecule has 2 rings (SSSR count). The Morgan fingerprint density at radius 1 is 1.71 bits per heavy atom. The summed E-state index contributed by atoms with van der Waals surface area (Å²) < 4.78 is 1.05. The number of nitrogens with one attached hydrogen (secondary N) is 1. The zero-order chi connectivity index (χ0) is 12.3. The van der Waals surface area contributed by atoms with Crippen LogP contribution < -0.4 is 5.32 Å². The summed E-state index contributed by atoms with van der Waals surface area (Å²) in [6.07, 6.45) is 4.96. The summed E-state index contributed by atoms with van der Waals surface area (Å²) >= 11 is 5.32. The number of halogens is 1. The molecule has 94 valence electrons. The number of rotatable bonds is 4. The Labute approximate surface area is 115 Å². The number of hydrogen-bond donors (Lipinski definition) is 2. The minimum absolute atomic E-state index is 0.0844. The van der Waals surface area contributed by atoms with Gasteiger partial charge in [-0.05, 0) is 54.4 Å². The van der Waals surface area contributed by atoms with Crippen molar-refractivity contribution in [2.24, 2.45) is 0 Å². The van der Waals surface area contributed by atoms with E-state index in [1.165, 1.54) is 0 Å². The lowest BCUT2D eigenvalue weighted by molar-refractivity contribution is 0.173. The van der Waals surface area contributed by atoms with Crippen LogP contribution in [0.2, 0.25) is 0 Å². The van der Waals surface area contributed by atoms with Gasteiger partial charge in [-0.1, -0.05) is 0 Å². The number of aliphatic hydroxyl groups excluding tert-OH is 1. The van der Waals surface area contributed by atoms with Crippen LogP contribution in [0, 0.1) is 0 Å². The summed E-state index contributed by atoms with van der Waals surface area (Å²) in [5.74, 6) is 0. The largest absolute Gasteiger partial charge is 0.394 e. The highest BCUT2D eigenvalue weighted by Gasteiger charge is 2.38. The van der Waals surface area contributed by atoms with E-state index in [1.54, 1.807) is 11.8 Å². The Morgan fingerprint density at radius 3 is 3.12 bits per heavy atom. The first kappa shape index (κ1) is 13.3. The Bertz CT molecular complexity index is 385. The van der Waals surface area contributed by atoms with E-state index in [0.717, 1.165) is 28.8 Å². The summed E-state index contributed by atoms with van der Waals surface area (Å²) in [5.41, 5.74) is -0.0844. The molecule has 1 aliphatic carbocycles. The number of thioether (sulfide) groups is 1. The monoisotopic (exact) mass is 316 g/mol. The SMILES string of the molecule is CNC1(CO)CCC(Sc2ncccc2Br)C1. The van der Waals surface area contributed by atoms with Gasteiger partial charge in [-0.25, -0.2) is 4.98 Å². The molecule has 1 aromatic rings. The van der Waals surface area contributed by atoms with E-state index < -0.39 is 0 Å². The predicted octanol–water partition coefficient (Wildman–Crippen LogP) is 2.44. The van der Waals surface area contributed by atoms with Gasteiger partial charge in [-0.2, -0.15) is 0 Å². The summed E-state index contributed by atoms with van der Waals surface area (Å²) in [4.78, 5) is 4.37. The molecule has 1 aliphatic rings. The van der Waals surface area contributed by atoms with E-state index in [0.29, 0.717) is 5.25 Å². The second-order valence-corrected chi connectivity index (χ2v) is 6.60. The fraction of sp³-hybridized carbons (Fsp3) is 0.583. The van der Waals surface area contributed by atoms with Gasteiger partial charge in [-0.3, -0.25) is 0 Å². The van der Waals surface area contributed by atoms with E-state index in [2.05, 4.69) is 26.2 Å². The quantitative estimate of drug-likeness (QED) is 0.895. The van der Waals surface area contributed by atoms with Crippen LogP contribution in [0.5, 0.6) is 0 Å². The normalized spacial score (nSPS) is 28.5. The molecule has 1 fully saturated rings. The lowest BCUT2D eigenvalue weighted by Gasteiger charge is -2.26. The first-order valence-corrected chi connectivity index (χ1v) is 7.43. The lowest BCUT2D eigenvalue weighted by atomic mass is 10.00. The number of nitrogens with zero attached hydrogens (tertiary/aromatic N) is 1. The van der Waals surface area contributed by atoms with E-state index >= 15 is 0 Å². The third-order valence-corrected chi connectivity index (χ3v) is 5.59. The van der Waals surface area contributed by atoms with Crippen molar-refractivity contribution in [3.05, 3.63) is 22.8 Å². The van der Waals surface area contributed by atoms with Crippen LogP contribution in [-0.2, 0) is 0 Å². The maximum absolute atomic E-state index is 9.46. The number of hydrogen-bond acceptors (Lipinski definition) is 4. The van der Waals surface area contributed by atoms with Crippen molar-refractivity contribution in [2.75, 3.05) is 13.7 Å². The number of pyridine rings is 1. The van der Waals surface area contributed by atoms with Crippen molar-refractivity contribution >= 4 is 27.7 Å². The lowest BCUT2D eigenvalue weighted by Crippen LogP contribution is -2.44. The molecule has 2 N–H and O–H groups in total. The number of aliphatic hydroxyl groups is 1. The van der Waals surface area contributed by atoms with Crippen LogP contribution >= 0.6 is 27.7 Å². The molecule has 2 unspecified atom stereocenters. The molecule has 0 spiro atoms. The van der Waals surface area contributed by atoms with E-state index in [-0.39, 0.29) is 12.1 Å². The van der Waals surface area contributed by atoms with Crippen molar-refractivity contribution in [1.82, 2.24) is 10.3 Å². The Balaban J connectivity index is 2.01. The van der Waals surface area contributed by atoms with Crippen LogP contribution in [0.25, 0.3) is 0 Å². The van der Waals surface area contributed by atoms with Gasteiger partial charge < -0.3 is 10.4 Å². The first-order valence-electron chi connectivity index (χ1n) is 5.76. The van der Waals surface area contributed by atoms with Crippen LogP contribution in [0.15, 0.2) is 27.8 Å². The minimum atomic E-state index is -0.0844. The highest BCUT2D eigenvalue weighted by molar-refractivity contribution is 9.10. The fourth-order valence-corrected chi connectivity index (χ4v) is 4.03. The average Bonchev–Trinajstić information content (AvgIpc) is 2.76. The van der Waals surface area contributed by atoms with Crippen LogP contribution in [-0.4, -0.2) is 34.5 Å². The van der Waals surface area contributed by atoms with Gasteiger partial charge in [0.15, 0.2) is 0 Å². The third-order valence-electron chi connectivity index (χ3n) is 3.40. The van der Waals surface area contributed by atoms with Crippen molar-refractivity contribution in [3.63, 3.8) is 0 Å². The maximum Gasteiger partial charge on any atom is 0.110 e. The summed E-state index contributed by atoms with van der Waals surface area (Å²) in [6.45, 7) is 0.212. The highest BCUT2D eigenvalue weighted by atomic mass is 79.9. The molecule has 1 heterocycles. The zero-order valence-corrected chi connectivity index (χ0v) is 12.2. The Morgan fingerprint density at radius 2 is 2.53 bits per heavy atom. The second-order valence-electron chi connectivity index (χ2n) is 4.46. The van der Waals surface area contributed by atoms with E-state index in [4.69, 9.17) is 0 Å². The predicted molar refractivity (Wildman–Crippen MR) is 74.3 cm³/mol. The van der Waals surface area contributed by atoms with E-state index in [9.17, 15) is 5.11 Å². The summed E-state index contributed by atoms with van der Waals surface area (Å²) in [7, 11) is 1.93. The zero-order valence-electron chi connectivity index (χ0n) is 9.82. The first-order chi connectivity index (χ1) is 8.19. The molecule has 0 amide bonds. The summed E-state index contributed by atoms with van der Waals surface area (Å²) in [6, 6.07) is 3.94. The molecule has 17 heavy (non-hydrogen) atoms. The Kier molecular flexibility index (Phi) is 4.47. The van der Waals surface area contributed by atoms with Gasteiger partial charge in [0.2, 0.25) is 0 Å². The van der Waals surface area contributed by atoms with Gasteiger partial charge in [0.05, 0.1) is 6.61 Å². The smallest absolute Gasteiger partial charge is 0.110 e. The van der Waals surface area contributed by atoms with Crippen molar-refractivity contribution in [1.29, 1.82) is 0 Å². The van der Waals surface area contributed by atoms with Crippen molar-refractivity contribution in [3.8, 4) is 0 Å². The minimum Gasteiger partial charge on any atom is -0.394 e. The van der Waals surface area contributed by atoms with Gasteiger partial charge in [0.1, 0.15) is 5.03 Å². The molecule has 0 aromatic carbocycles. The second kappa shape index (κ2) is 5.69. The molecule has 3 nitrogen and oxygen atoms in total. The van der Waals surface area contributed by atoms with Crippen molar-refractivity contribution < 1.29 is 5.11 Å². The van der Waals surface area contributed by atoms with Crippen LogP contribution in [0.1, 0.15) is 19.3 Å². The molecule has 1 saturated carbocycles. The van der Waals surface area contributed by atoms with Crippen LogP contribution in [0.4, 0.5) is 0 Å². The van der Waals surface area contributed by atoms with Crippen LogP contribution in [0.3, 0.4) is 0 Å². The van der Waals surface area contributed by atoms with Gasteiger partial charge >= 0.3 is 0 Å². The molecular weight excluding hydrogens is 300 g/mol. The molecule has 1 aromatic heterocycles. The molecule has 0 radical (unpaired) electrons. The van der Waals surface area contributed by atoms with Crippen molar-refractivity contribution in [2.45, 2.75) is 35.1 Å². The molecule has 5 heteroatoms. The van der Waals surface area contributed by atoms with Gasteiger partial charge in [-0.15, -0.1) is 11.8 Å². The Hall–Kier alpha value is -0.100. The maximum atomic E-state index is 9.46. The van der Waals surface area contributed by atoms with E-state index in [1.807, 2.05) is 25.4 Å². The molecular formula is C12H17BrN2OS. The molecule has 0 bridgehead atoms. The van der Waals surface area contributed by atoms with Gasteiger partial charge in [0.25, 0.3) is 0 Å². The van der Waals surface area contributed by atoms with Gasteiger partial charge in [0, 0.05) is 21.5 Å². The molecule has 2 atom stereocenters. The highest BCUT2D eigenvalue weighted by Crippen LogP contribution is 2.40. The summed E-state index contributed by atoms with van der Waals surface area (Å²) in [5, 5.41) is 14.3. The number of aromatic nitrogens is 1. The fourth-order valence-electron chi connectivity index (χ4n) is 2.24. The third kappa shape index (κ3) is 3.02. The molecule has 0 saturated heterocycles. The average molecular weight is 317 g/mol. The number of likely N-dealkylation sites (N-methyl/N-ethyl adjacent to an activating group) is 1.